The van der Waals surface area contributed by atoms with Crippen molar-refractivity contribution in [1.29, 1.82) is 0 Å². The first kappa shape index (κ1) is 9.75. The molecule has 0 spiro atoms. The molecule has 1 aromatic rings. The summed E-state index contributed by atoms with van der Waals surface area (Å²) in [7, 11) is 0. The molecule has 0 aliphatic heterocycles. The Bertz CT molecular complexity index is 269. The van der Waals surface area contributed by atoms with Crippen molar-refractivity contribution in [2.24, 2.45) is 0 Å². The summed E-state index contributed by atoms with van der Waals surface area (Å²) in [4.78, 5) is 0. The molecule has 0 fully saturated rings. The normalized spacial score (nSPS) is 13.0. The summed E-state index contributed by atoms with van der Waals surface area (Å²) >= 11 is 3.40. The lowest BCUT2D eigenvalue weighted by Crippen LogP contribution is -2.05. The van der Waals surface area contributed by atoms with Gasteiger partial charge in [-0.1, -0.05) is 22.0 Å². The van der Waals surface area contributed by atoms with Gasteiger partial charge >= 0.3 is 0 Å². The number of aryl methyl sites for hydroxylation is 1. The van der Waals surface area contributed by atoms with Gasteiger partial charge in [-0.25, -0.2) is 0 Å². The summed E-state index contributed by atoms with van der Waals surface area (Å²) in [6.45, 7) is 3.87. The Kier molecular flexibility index (Phi) is 3.29. The highest BCUT2D eigenvalue weighted by Crippen LogP contribution is 2.17. The monoisotopic (exact) mass is 228 g/mol. The average Bonchev–Trinajstić information content (AvgIpc) is 1.96. The molecular formula is C10H13BrO. The fourth-order valence-electron chi connectivity index (χ4n) is 1.18. The second kappa shape index (κ2) is 4.06. The van der Waals surface area contributed by atoms with Gasteiger partial charge in [-0.05, 0) is 43.5 Å². The summed E-state index contributed by atoms with van der Waals surface area (Å²) in [5.74, 6) is 0. The van der Waals surface area contributed by atoms with Crippen LogP contribution < -0.4 is 0 Å². The molecule has 0 aromatic heterocycles. The number of benzene rings is 1. The molecule has 1 aromatic carbocycles. The highest BCUT2D eigenvalue weighted by molar-refractivity contribution is 9.10. The van der Waals surface area contributed by atoms with Crippen molar-refractivity contribution < 1.29 is 5.11 Å². The molecule has 1 atom stereocenters. The van der Waals surface area contributed by atoms with Gasteiger partial charge in [-0.3, -0.25) is 0 Å². The van der Waals surface area contributed by atoms with Gasteiger partial charge in [0.2, 0.25) is 0 Å². The van der Waals surface area contributed by atoms with Gasteiger partial charge in [-0.15, -0.1) is 0 Å². The Balaban J connectivity index is 2.90. The van der Waals surface area contributed by atoms with E-state index in [1.165, 1.54) is 11.1 Å². The number of hydrogen-bond donors (Lipinski definition) is 1. The maximum atomic E-state index is 9.21. The third-order valence-corrected chi connectivity index (χ3v) is 2.32. The van der Waals surface area contributed by atoms with E-state index >= 15 is 0 Å². The molecular weight excluding hydrogens is 216 g/mol. The molecule has 66 valence electrons. The minimum Gasteiger partial charge on any atom is -0.393 e. The number of halogens is 1. The minimum absolute atomic E-state index is 0.266. The number of hydrogen-bond acceptors (Lipinski definition) is 1. The fourth-order valence-corrected chi connectivity index (χ4v) is 1.59. The Morgan fingerprint density at radius 2 is 2.17 bits per heavy atom. The lowest BCUT2D eigenvalue weighted by atomic mass is 10.0. The molecule has 1 N–H and O–H groups in total. The molecule has 0 bridgehead atoms. The van der Waals surface area contributed by atoms with E-state index in [2.05, 4.69) is 35.0 Å². The highest BCUT2D eigenvalue weighted by atomic mass is 79.9. The zero-order valence-corrected chi connectivity index (χ0v) is 8.93. The van der Waals surface area contributed by atoms with Gasteiger partial charge in [-0.2, -0.15) is 0 Å². The van der Waals surface area contributed by atoms with Crippen LogP contribution in [-0.4, -0.2) is 11.2 Å². The summed E-state index contributed by atoms with van der Waals surface area (Å²) in [6.07, 6.45) is 0.462. The van der Waals surface area contributed by atoms with Crippen LogP contribution in [-0.2, 0) is 6.42 Å². The topological polar surface area (TPSA) is 20.2 Å². The van der Waals surface area contributed by atoms with Crippen LogP contribution in [0.4, 0.5) is 0 Å². The van der Waals surface area contributed by atoms with Crippen LogP contribution in [0.2, 0.25) is 0 Å². The Morgan fingerprint density at radius 3 is 2.75 bits per heavy atom. The quantitative estimate of drug-likeness (QED) is 0.826. The molecule has 0 aliphatic carbocycles. The highest BCUT2D eigenvalue weighted by Gasteiger charge is 2.02. The second-order valence-electron chi connectivity index (χ2n) is 3.12. The van der Waals surface area contributed by atoms with E-state index in [9.17, 15) is 5.11 Å². The van der Waals surface area contributed by atoms with Crippen LogP contribution in [0, 0.1) is 6.92 Å². The van der Waals surface area contributed by atoms with E-state index in [0.29, 0.717) is 0 Å². The molecule has 0 saturated heterocycles. The summed E-state index contributed by atoms with van der Waals surface area (Å²) in [5.41, 5.74) is 2.44. The van der Waals surface area contributed by atoms with Crippen LogP contribution in [0.5, 0.6) is 0 Å². The van der Waals surface area contributed by atoms with Crippen LogP contribution in [0.15, 0.2) is 22.7 Å². The standard InChI is InChI=1S/C10H13BrO/c1-7-3-4-10(11)6-9(7)5-8(2)12/h3-4,6,8,12H,5H2,1-2H3/t8-/m0/s1. The molecule has 0 aliphatic rings. The predicted octanol–water partition coefficient (Wildman–Crippen LogP) is 2.68. The number of aliphatic hydroxyl groups is 1. The molecule has 0 unspecified atom stereocenters. The van der Waals surface area contributed by atoms with E-state index < -0.39 is 0 Å². The summed E-state index contributed by atoms with van der Waals surface area (Å²) < 4.78 is 1.07. The van der Waals surface area contributed by atoms with Gasteiger partial charge in [0.1, 0.15) is 0 Å². The van der Waals surface area contributed by atoms with Crippen molar-refractivity contribution in [3.05, 3.63) is 33.8 Å². The van der Waals surface area contributed by atoms with E-state index in [1.807, 2.05) is 6.07 Å². The molecule has 2 heteroatoms. The Hall–Kier alpha value is -0.340. The van der Waals surface area contributed by atoms with Crippen molar-refractivity contribution in [3.63, 3.8) is 0 Å². The molecule has 0 saturated carbocycles. The fraction of sp³-hybridized carbons (Fsp3) is 0.400. The molecule has 0 heterocycles. The van der Waals surface area contributed by atoms with Crippen molar-refractivity contribution in [2.75, 3.05) is 0 Å². The summed E-state index contributed by atoms with van der Waals surface area (Å²) in [5, 5.41) is 9.21. The van der Waals surface area contributed by atoms with Gasteiger partial charge in [0, 0.05) is 4.47 Å². The first-order chi connectivity index (χ1) is 5.59. The maximum absolute atomic E-state index is 9.21. The van der Waals surface area contributed by atoms with E-state index in [0.717, 1.165) is 10.9 Å². The largest absolute Gasteiger partial charge is 0.393 e. The third kappa shape index (κ3) is 2.61. The first-order valence-corrected chi connectivity index (χ1v) is 4.82. The van der Waals surface area contributed by atoms with Gasteiger partial charge < -0.3 is 5.11 Å². The summed E-state index contributed by atoms with van der Waals surface area (Å²) in [6, 6.07) is 6.13. The van der Waals surface area contributed by atoms with E-state index in [1.54, 1.807) is 6.92 Å². The van der Waals surface area contributed by atoms with Crippen molar-refractivity contribution in [3.8, 4) is 0 Å². The Morgan fingerprint density at radius 1 is 1.50 bits per heavy atom. The van der Waals surface area contributed by atoms with Gasteiger partial charge in [0.15, 0.2) is 0 Å². The predicted molar refractivity (Wildman–Crippen MR) is 54.3 cm³/mol. The number of rotatable bonds is 2. The van der Waals surface area contributed by atoms with Crippen LogP contribution in [0.25, 0.3) is 0 Å². The first-order valence-electron chi connectivity index (χ1n) is 4.02. The average molecular weight is 229 g/mol. The molecule has 1 nitrogen and oxygen atoms in total. The lowest BCUT2D eigenvalue weighted by molar-refractivity contribution is 0.195. The molecule has 12 heavy (non-hydrogen) atoms. The smallest absolute Gasteiger partial charge is 0.0552 e. The Labute approximate surface area is 81.6 Å². The SMILES string of the molecule is Cc1ccc(Br)cc1C[C@H](C)O. The van der Waals surface area contributed by atoms with Crippen LogP contribution in [0.1, 0.15) is 18.1 Å². The maximum Gasteiger partial charge on any atom is 0.0552 e. The van der Waals surface area contributed by atoms with Crippen molar-refractivity contribution in [1.82, 2.24) is 0 Å². The zero-order chi connectivity index (χ0) is 9.14. The molecule has 0 amide bonds. The minimum atomic E-state index is -0.266. The second-order valence-corrected chi connectivity index (χ2v) is 4.04. The van der Waals surface area contributed by atoms with Gasteiger partial charge in [0.25, 0.3) is 0 Å². The molecule has 0 radical (unpaired) electrons. The zero-order valence-electron chi connectivity index (χ0n) is 7.34. The van der Waals surface area contributed by atoms with Crippen LogP contribution >= 0.6 is 15.9 Å². The van der Waals surface area contributed by atoms with Crippen LogP contribution in [0.3, 0.4) is 0 Å². The van der Waals surface area contributed by atoms with Crippen molar-refractivity contribution in [2.45, 2.75) is 26.4 Å². The molecule has 1 rings (SSSR count). The van der Waals surface area contributed by atoms with E-state index in [-0.39, 0.29) is 6.10 Å². The third-order valence-electron chi connectivity index (χ3n) is 1.83. The van der Waals surface area contributed by atoms with Crippen molar-refractivity contribution >= 4 is 15.9 Å². The van der Waals surface area contributed by atoms with E-state index in [4.69, 9.17) is 0 Å². The lowest BCUT2D eigenvalue weighted by Gasteiger charge is -2.07. The number of aliphatic hydroxyl groups excluding tert-OH is 1. The van der Waals surface area contributed by atoms with Gasteiger partial charge in [0.05, 0.1) is 6.10 Å².